The largest absolute Gasteiger partial charge is 0.490 e. The van der Waals surface area contributed by atoms with Crippen LogP contribution in [-0.4, -0.2) is 71.7 Å². The van der Waals surface area contributed by atoms with E-state index in [1.54, 1.807) is 14.0 Å². The van der Waals surface area contributed by atoms with E-state index in [4.69, 9.17) is 14.7 Å². The minimum atomic E-state index is 0.151. The maximum Gasteiger partial charge on any atom is 0.204 e. The molecule has 0 unspecified atom stereocenters. The van der Waals surface area contributed by atoms with Gasteiger partial charge in [0.25, 0.3) is 0 Å². The van der Waals surface area contributed by atoms with Gasteiger partial charge in [-0.25, -0.2) is 9.97 Å². The molecule has 198 valence electrons. The number of carbonyl (C=O) groups excluding carboxylic acids is 1. The summed E-state index contributed by atoms with van der Waals surface area (Å²) in [5, 5.41) is 11.2. The SMILES string of the molecule is COc1c(Nc2cc(C)[nH]n2)nc(Sc2ccc(CC(C)=O)cc2)nc1N1CCC(CCN(C)C)CC1. The van der Waals surface area contributed by atoms with Gasteiger partial charge in [-0.05, 0) is 89.1 Å². The monoisotopic (exact) mass is 523 g/mol. The molecule has 2 aromatic heterocycles. The lowest BCUT2D eigenvalue weighted by molar-refractivity contribution is -0.116. The maximum atomic E-state index is 11.5. The normalized spacial score (nSPS) is 14.3. The molecular formula is C27H37N7O2S. The molecule has 37 heavy (non-hydrogen) atoms. The van der Waals surface area contributed by atoms with E-state index < -0.39 is 0 Å². The van der Waals surface area contributed by atoms with Crippen molar-refractivity contribution in [3.05, 3.63) is 41.6 Å². The summed E-state index contributed by atoms with van der Waals surface area (Å²) in [6, 6.07) is 9.92. The number of nitrogens with zero attached hydrogens (tertiary/aromatic N) is 5. The highest BCUT2D eigenvalue weighted by atomic mass is 32.2. The molecule has 0 spiro atoms. The summed E-state index contributed by atoms with van der Waals surface area (Å²) in [5.74, 6) is 3.55. The van der Waals surface area contributed by atoms with Gasteiger partial charge in [-0.3, -0.25) is 9.89 Å². The van der Waals surface area contributed by atoms with Gasteiger partial charge in [0.05, 0.1) is 7.11 Å². The minimum Gasteiger partial charge on any atom is -0.490 e. The van der Waals surface area contributed by atoms with Gasteiger partial charge < -0.3 is 19.9 Å². The fraction of sp³-hybridized carbons (Fsp3) is 0.481. The van der Waals surface area contributed by atoms with Crippen LogP contribution in [0.4, 0.5) is 17.5 Å². The Morgan fingerprint density at radius 2 is 1.95 bits per heavy atom. The van der Waals surface area contributed by atoms with Crippen molar-refractivity contribution in [3.63, 3.8) is 0 Å². The number of Topliss-reactive ketones (excluding diaryl/α,β-unsaturated/α-hetero) is 1. The Labute approximate surface area is 223 Å². The van der Waals surface area contributed by atoms with Gasteiger partial charge in [-0.15, -0.1) is 0 Å². The summed E-state index contributed by atoms with van der Waals surface area (Å²) >= 11 is 1.49. The molecule has 0 saturated carbocycles. The van der Waals surface area contributed by atoms with E-state index in [2.05, 4.69) is 39.4 Å². The standard InChI is InChI=1S/C27H37N7O2S/c1-18-16-23(32-31-18)28-25-24(36-5)26(34-14-11-20(12-15-34)10-13-33(3)4)30-27(29-25)37-22-8-6-21(7-9-22)17-19(2)35/h6-9,16,20H,10-15,17H2,1-5H3,(H2,28,29,30,31,32). The molecule has 0 aliphatic carbocycles. The lowest BCUT2D eigenvalue weighted by Gasteiger charge is -2.34. The predicted octanol–water partition coefficient (Wildman–Crippen LogP) is 4.71. The summed E-state index contributed by atoms with van der Waals surface area (Å²) in [4.78, 5) is 26.8. The molecule has 9 nitrogen and oxygen atoms in total. The summed E-state index contributed by atoms with van der Waals surface area (Å²) in [7, 11) is 5.92. The number of hydrogen-bond donors (Lipinski definition) is 2. The smallest absolute Gasteiger partial charge is 0.204 e. The third kappa shape index (κ3) is 7.45. The molecule has 10 heteroatoms. The Morgan fingerprint density at radius 3 is 2.54 bits per heavy atom. The van der Waals surface area contributed by atoms with Gasteiger partial charge in [0, 0.05) is 36.2 Å². The number of aryl methyl sites for hydroxylation is 1. The van der Waals surface area contributed by atoms with E-state index in [0.29, 0.717) is 29.0 Å². The van der Waals surface area contributed by atoms with Crippen LogP contribution in [0.25, 0.3) is 0 Å². The van der Waals surface area contributed by atoms with Crippen LogP contribution in [-0.2, 0) is 11.2 Å². The first-order valence-corrected chi connectivity index (χ1v) is 13.5. The number of piperidine rings is 1. The number of methoxy groups -OCH3 is 1. The van der Waals surface area contributed by atoms with Crippen LogP contribution >= 0.6 is 11.8 Å². The van der Waals surface area contributed by atoms with Crippen molar-refractivity contribution in [2.24, 2.45) is 5.92 Å². The van der Waals surface area contributed by atoms with Gasteiger partial charge in [0.2, 0.25) is 5.75 Å². The third-order valence-electron chi connectivity index (χ3n) is 6.47. The first kappa shape index (κ1) is 26.9. The lowest BCUT2D eigenvalue weighted by Crippen LogP contribution is -2.35. The Balaban J connectivity index is 1.60. The third-order valence-corrected chi connectivity index (χ3v) is 7.34. The summed E-state index contributed by atoms with van der Waals surface area (Å²) < 4.78 is 5.86. The van der Waals surface area contributed by atoms with Gasteiger partial charge in [-0.2, -0.15) is 5.10 Å². The van der Waals surface area contributed by atoms with E-state index in [0.717, 1.165) is 60.4 Å². The van der Waals surface area contributed by atoms with Crippen molar-refractivity contribution in [1.82, 2.24) is 25.1 Å². The minimum absolute atomic E-state index is 0.151. The van der Waals surface area contributed by atoms with Crippen LogP contribution in [0.1, 0.15) is 37.4 Å². The number of nitrogens with one attached hydrogen (secondary N) is 2. The zero-order valence-electron chi connectivity index (χ0n) is 22.4. The quantitative estimate of drug-likeness (QED) is 0.346. The Bertz CT molecular complexity index is 1190. The van der Waals surface area contributed by atoms with Crippen molar-refractivity contribution < 1.29 is 9.53 Å². The van der Waals surface area contributed by atoms with Crippen molar-refractivity contribution in [1.29, 1.82) is 0 Å². The highest BCUT2D eigenvalue weighted by molar-refractivity contribution is 7.99. The number of ketones is 1. The van der Waals surface area contributed by atoms with E-state index >= 15 is 0 Å². The van der Waals surface area contributed by atoms with Crippen LogP contribution in [0.2, 0.25) is 0 Å². The van der Waals surface area contributed by atoms with E-state index in [-0.39, 0.29) is 5.78 Å². The van der Waals surface area contributed by atoms with Crippen molar-refractivity contribution in [3.8, 4) is 5.75 Å². The number of H-pyrrole nitrogens is 1. The first-order chi connectivity index (χ1) is 17.8. The highest BCUT2D eigenvalue weighted by Crippen LogP contribution is 2.39. The maximum absolute atomic E-state index is 11.5. The zero-order valence-corrected chi connectivity index (χ0v) is 23.2. The van der Waals surface area contributed by atoms with E-state index in [9.17, 15) is 4.79 Å². The van der Waals surface area contributed by atoms with Crippen LogP contribution in [0.15, 0.2) is 40.4 Å². The molecular weight excluding hydrogens is 486 g/mol. The first-order valence-electron chi connectivity index (χ1n) is 12.7. The molecule has 0 atom stereocenters. The topological polar surface area (TPSA) is 99.3 Å². The number of rotatable bonds is 11. The van der Waals surface area contributed by atoms with Crippen molar-refractivity contribution in [2.75, 3.05) is 51.1 Å². The summed E-state index contributed by atoms with van der Waals surface area (Å²) in [5.41, 5.74) is 1.96. The second-order valence-electron chi connectivity index (χ2n) is 9.92. The van der Waals surface area contributed by atoms with Gasteiger partial charge >= 0.3 is 0 Å². The molecule has 1 fully saturated rings. The lowest BCUT2D eigenvalue weighted by atomic mass is 9.93. The molecule has 3 aromatic rings. The second kappa shape index (κ2) is 12.4. The van der Waals surface area contributed by atoms with Gasteiger partial charge in [-0.1, -0.05) is 12.1 Å². The fourth-order valence-electron chi connectivity index (χ4n) is 4.50. The number of benzene rings is 1. The van der Waals surface area contributed by atoms with Crippen LogP contribution < -0.4 is 15.0 Å². The van der Waals surface area contributed by atoms with Crippen LogP contribution in [0, 0.1) is 12.8 Å². The van der Waals surface area contributed by atoms with Crippen molar-refractivity contribution >= 4 is 35.0 Å². The number of aromatic nitrogens is 4. The number of anilines is 3. The Hall–Kier alpha value is -3.11. The molecule has 0 radical (unpaired) electrons. The molecule has 1 saturated heterocycles. The molecule has 4 rings (SSSR count). The second-order valence-corrected chi connectivity index (χ2v) is 11.0. The Morgan fingerprint density at radius 1 is 1.22 bits per heavy atom. The predicted molar refractivity (Wildman–Crippen MR) is 148 cm³/mol. The average molecular weight is 524 g/mol. The fourth-order valence-corrected chi connectivity index (χ4v) is 5.25. The van der Waals surface area contributed by atoms with E-state index in [1.165, 1.54) is 18.2 Å². The number of hydrogen-bond acceptors (Lipinski definition) is 9. The zero-order chi connectivity index (χ0) is 26.4. The number of carbonyl (C=O) groups is 1. The average Bonchev–Trinajstić information content (AvgIpc) is 3.28. The van der Waals surface area contributed by atoms with E-state index in [1.807, 2.05) is 37.3 Å². The van der Waals surface area contributed by atoms with Gasteiger partial charge in [0.15, 0.2) is 22.6 Å². The van der Waals surface area contributed by atoms with Gasteiger partial charge in [0.1, 0.15) is 5.78 Å². The molecule has 1 aliphatic heterocycles. The molecule has 2 N–H and O–H groups in total. The molecule has 0 amide bonds. The van der Waals surface area contributed by atoms with Crippen molar-refractivity contribution in [2.45, 2.75) is 49.6 Å². The van der Waals surface area contributed by atoms with Crippen LogP contribution in [0.5, 0.6) is 5.75 Å². The molecule has 0 bridgehead atoms. The summed E-state index contributed by atoms with van der Waals surface area (Å²) in [6.45, 7) is 6.53. The number of aromatic amines is 1. The molecule has 3 heterocycles. The Kier molecular flexibility index (Phi) is 9.04. The van der Waals surface area contributed by atoms with Crippen LogP contribution in [0.3, 0.4) is 0 Å². The highest BCUT2D eigenvalue weighted by Gasteiger charge is 2.26. The summed E-state index contributed by atoms with van der Waals surface area (Å²) in [6.07, 6.45) is 3.91. The molecule has 1 aromatic carbocycles. The molecule has 1 aliphatic rings. The number of ether oxygens (including phenoxy) is 1.